The molecule has 24 heavy (non-hydrogen) atoms. The van der Waals surface area contributed by atoms with Gasteiger partial charge in [0.05, 0.1) is 13.7 Å². The van der Waals surface area contributed by atoms with Gasteiger partial charge in [0.1, 0.15) is 11.9 Å². The van der Waals surface area contributed by atoms with Gasteiger partial charge in [0.2, 0.25) is 0 Å². The molecule has 0 heterocycles. The van der Waals surface area contributed by atoms with Crippen LogP contribution in [0.15, 0.2) is 24.3 Å². The molecule has 0 amide bonds. The summed E-state index contributed by atoms with van der Waals surface area (Å²) in [4.78, 5) is 0. The molecule has 0 aliphatic heterocycles. The van der Waals surface area contributed by atoms with Crippen LogP contribution in [-0.4, -0.2) is 13.2 Å². The molecule has 0 unspecified atom stereocenters. The van der Waals surface area contributed by atoms with E-state index in [2.05, 4.69) is 12.8 Å². The van der Waals surface area contributed by atoms with Crippen molar-refractivity contribution in [2.45, 2.75) is 83.8 Å². The third kappa shape index (κ3) is 9.63. The van der Waals surface area contributed by atoms with Gasteiger partial charge in [-0.25, -0.2) is 0 Å². The fraction of sp³-hybridized carbons (Fsp3) is 0.636. The Bertz CT molecular complexity index is 444. The number of benzene rings is 1. The van der Waals surface area contributed by atoms with Crippen LogP contribution in [0.5, 0.6) is 5.75 Å². The van der Waals surface area contributed by atoms with Crippen LogP contribution in [0.4, 0.5) is 0 Å². The predicted molar refractivity (Wildman–Crippen MR) is 102 cm³/mol. The summed E-state index contributed by atoms with van der Waals surface area (Å²) in [6.45, 7) is 2.83. The monoisotopic (exact) mass is 330 g/mol. The fourth-order valence-electron chi connectivity index (χ4n) is 2.77. The van der Waals surface area contributed by atoms with E-state index >= 15 is 0 Å². The van der Waals surface area contributed by atoms with Gasteiger partial charge in [0.15, 0.2) is 0 Å². The average Bonchev–Trinajstić information content (AvgIpc) is 2.63. The lowest BCUT2D eigenvalue weighted by molar-refractivity contribution is 0.0709. The topological polar surface area (TPSA) is 18.5 Å². The van der Waals surface area contributed by atoms with Crippen LogP contribution in [0.3, 0.4) is 0 Å². The second-order valence-electron chi connectivity index (χ2n) is 6.43. The van der Waals surface area contributed by atoms with Crippen LogP contribution in [0.2, 0.25) is 0 Å². The first-order valence-electron chi connectivity index (χ1n) is 9.50. The Hall–Kier alpha value is -1.46. The number of hydrogen-bond acceptors (Lipinski definition) is 2. The molecule has 0 saturated carbocycles. The molecule has 0 N–H and O–H groups in total. The largest absolute Gasteiger partial charge is 0.497 e. The van der Waals surface area contributed by atoms with Crippen molar-refractivity contribution in [3.8, 4) is 18.1 Å². The van der Waals surface area contributed by atoms with Gasteiger partial charge in [-0.3, -0.25) is 0 Å². The molecule has 0 spiro atoms. The van der Waals surface area contributed by atoms with Crippen LogP contribution < -0.4 is 4.74 Å². The molecule has 134 valence electrons. The summed E-state index contributed by atoms with van der Waals surface area (Å²) in [5, 5.41) is 0. The minimum atomic E-state index is -0.0725. The zero-order chi connectivity index (χ0) is 17.5. The van der Waals surface area contributed by atoms with E-state index in [0.717, 1.165) is 24.2 Å². The molecule has 0 radical (unpaired) electrons. The van der Waals surface area contributed by atoms with Gasteiger partial charge in [0.25, 0.3) is 0 Å². The van der Waals surface area contributed by atoms with Crippen molar-refractivity contribution in [1.29, 1.82) is 0 Å². The van der Waals surface area contributed by atoms with Gasteiger partial charge in [-0.2, -0.15) is 0 Å². The summed E-state index contributed by atoms with van der Waals surface area (Å²) in [5.74, 6) is 3.64. The molecule has 0 saturated heterocycles. The SMILES string of the molecule is C#C[C@@H](CCCCCCCCCCC)OCc1ccc(OC)cc1. The van der Waals surface area contributed by atoms with Crippen LogP contribution >= 0.6 is 0 Å². The number of rotatable bonds is 14. The van der Waals surface area contributed by atoms with Crippen molar-refractivity contribution in [2.24, 2.45) is 0 Å². The first-order valence-corrected chi connectivity index (χ1v) is 9.50. The Morgan fingerprint density at radius 3 is 2.04 bits per heavy atom. The van der Waals surface area contributed by atoms with Gasteiger partial charge < -0.3 is 9.47 Å². The molecule has 0 bridgehead atoms. The van der Waals surface area contributed by atoms with E-state index in [1.54, 1.807) is 7.11 Å². The number of methoxy groups -OCH3 is 1. The van der Waals surface area contributed by atoms with Crippen LogP contribution in [0, 0.1) is 12.3 Å². The normalized spacial score (nSPS) is 11.9. The lowest BCUT2D eigenvalue weighted by Crippen LogP contribution is -2.10. The third-order valence-electron chi connectivity index (χ3n) is 4.37. The molecule has 1 aromatic carbocycles. The molecule has 1 rings (SSSR count). The van der Waals surface area contributed by atoms with E-state index < -0.39 is 0 Å². The highest BCUT2D eigenvalue weighted by atomic mass is 16.5. The highest BCUT2D eigenvalue weighted by Gasteiger charge is 2.05. The average molecular weight is 331 g/mol. The highest BCUT2D eigenvalue weighted by molar-refractivity contribution is 5.26. The Kier molecular flexibility index (Phi) is 11.9. The molecule has 1 aromatic rings. The van der Waals surface area contributed by atoms with E-state index in [9.17, 15) is 0 Å². The molecular formula is C22H34O2. The van der Waals surface area contributed by atoms with Crippen LogP contribution in [0.25, 0.3) is 0 Å². The number of ether oxygens (including phenoxy) is 2. The minimum absolute atomic E-state index is 0.0725. The first-order chi connectivity index (χ1) is 11.8. The Morgan fingerprint density at radius 2 is 1.50 bits per heavy atom. The molecular weight excluding hydrogens is 296 g/mol. The van der Waals surface area contributed by atoms with Crippen LogP contribution in [-0.2, 0) is 11.3 Å². The fourth-order valence-corrected chi connectivity index (χ4v) is 2.77. The minimum Gasteiger partial charge on any atom is -0.497 e. The summed E-state index contributed by atoms with van der Waals surface area (Å²) < 4.78 is 11.0. The van der Waals surface area contributed by atoms with E-state index in [0.29, 0.717) is 6.61 Å². The van der Waals surface area contributed by atoms with Crippen molar-refractivity contribution in [1.82, 2.24) is 0 Å². The van der Waals surface area contributed by atoms with Crippen molar-refractivity contribution in [3.05, 3.63) is 29.8 Å². The number of terminal acetylenes is 1. The van der Waals surface area contributed by atoms with Crippen molar-refractivity contribution in [2.75, 3.05) is 7.11 Å². The summed E-state index contributed by atoms with van der Waals surface area (Å²) in [6.07, 6.45) is 18.5. The zero-order valence-electron chi connectivity index (χ0n) is 15.6. The van der Waals surface area contributed by atoms with Gasteiger partial charge in [-0.05, 0) is 30.5 Å². The molecule has 0 fully saturated rings. The van der Waals surface area contributed by atoms with Gasteiger partial charge in [-0.1, -0.05) is 76.3 Å². The lowest BCUT2D eigenvalue weighted by atomic mass is 10.1. The Labute approximate surface area is 148 Å². The third-order valence-corrected chi connectivity index (χ3v) is 4.37. The van der Waals surface area contributed by atoms with Gasteiger partial charge >= 0.3 is 0 Å². The van der Waals surface area contributed by atoms with E-state index in [1.807, 2.05) is 24.3 Å². The summed E-state index contributed by atoms with van der Waals surface area (Å²) in [6, 6.07) is 7.93. The Morgan fingerprint density at radius 1 is 0.917 bits per heavy atom. The smallest absolute Gasteiger partial charge is 0.118 e. The van der Waals surface area contributed by atoms with Gasteiger partial charge in [-0.15, -0.1) is 6.42 Å². The zero-order valence-corrected chi connectivity index (χ0v) is 15.6. The molecule has 0 aliphatic carbocycles. The predicted octanol–water partition coefficient (Wildman–Crippen LogP) is 6.13. The maximum atomic E-state index is 5.85. The molecule has 0 aromatic heterocycles. The summed E-state index contributed by atoms with van der Waals surface area (Å²) in [7, 11) is 1.67. The molecule has 1 atom stereocenters. The molecule has 2 heteroatoms. The maximum Gasteiger partial charge on any atom is 0.118 e. The summed E-state index contributed by atoms with van der Waals surface area (Å²) >= 11 is 0. The van der Waals surface area contributed by atoms with Gasteiger partial charge in [0, 0.05) is 0 Å². The summed E-state index contributed by atoms with van der Waals surface area (Å²) in [5.41, 5.74) is 1.13. The quantitative estimate of drug-likeness (QED) is 0.301. The van der Waals surface area contributed by atoms with Crippen molar-refractivity contribution in [3.63, 3.8) is 0 Å². The molecule has 2 nitrogen and oxygen atoms in total. The van der Waals surface area contributed by atoms with E-state index in [-0.39, 0.29) is 6.10 Å². The number of hydrogen-bond donors (Lipinski definition) is 0. The van der Waals surface area contributed by atoms with E-state index in [4.69, 9.17) is 15.9 Å². The van der Waals surface area contributed by atoms with Crippen LogP contribution in [0.1, 0.15) is 76.7 Å². The van der Waals surface area contributed by atoms with E-state index in [1.165, 1.54) is 51.4 Å². The molecule has 0 aliphatic rings. The first kappa shape index (κ1) is 20.6. The lowest BCUT2D eigenvalue weighted by Gasteiger charge is -2.12. The second kappa shape index (κ2) is 13.9. The van der Waals surface area contributed by atoms with Crippen molar-refractivity contribution < 1.29 is 9.47 Å². The standard InChI is InChI=1S/C22H34O2/c1-4-6-7-8-9-10-11-12-13-14-21(5-2)24-19-20-15-17-22(23-3)18-16-20/h2,15-18,21H,4,6-14,19H2,1,3H3/t21-/m0/s1. The number of unbranched alkanes of at least 4 members (excludes halogenated alkanes) is 8. The van der Waals surface area contributed by atoms with Crippen molar-refractivity contribution >= 4 is 0 Å². The second-order valence-corrected chi connectivity index (χ2v) is 6.43. The highest BCUT2D eigenvalue weighted by Crippen LogP contribution is 2.15. The Balaban J connectivity index is 2.06. The maximum absolute atomic E-state index is 5.85.